The van der Waals surface area contributed by atoms with Crippen LogP contribution < -0.4 is 5.56 Å². The van der Waals surface area contributed by atoms with Gasteiger partial charge in [0.25, 0.3) is 0 Å². The van der Waals surface area contributed by atoms with Crippen molar-refractivity contribution in [2.75, 3.05) is 0 Å². The average Bonchev–Trinajstić information content (AvgIpc) is 2.79. The first-order valence-corrected chi connectivity index (χ1v) is 7.23. The molecule has 0 saturated heterocycles. The molecule has 106 valence electrons. The van der Waals surface area contributed by atoms with E-state index >= 15 is 0 Å². The van der Waals surface area contributed by atoms with Crippen molar-refractivity contribution in [2.24, 2.45) is 0 Å². The van der Waals surface area contributed by atoms with Crippen LogP contribution in [0.2, 0.25) is 0 Å². The van der Waals surface area contributed by atoms with Crippen LogP contribution in [0.25, 0.3) is 10.2 Å². The Morgan fingerprint density at radius 2 is 1.95 bits per heavy atom. The lowest BCUT2D eigenvalue weighted by molar-refractivity contribution is 0.532. The highest BCUT2D eigenvalue weighted by molar-refractivity contribution is 7.18. The number of benzene rings is 1. The topological polar surface area (TPSA) is 64.8 Å². The van der Waals surface area contributed by atoms with Gasteiger partial charge in [-0.15, -0.1) is 16.4 Å². The molecule has 3 rings (SSSR count). The molecule has 6 heteroatoms. The number of aryl methyl sites for hydroxylation is 2. The van der Waals surface area contributed by atoms with Crippen LogP contribution in [0.5, 0.6) is 0 Å². The van der Waals surface area contributed by atoms with Crippen LogP contribution in [0.3, 0.4) is 0 Å². The van der Waals surface area contributed by atoms with Crippen molar-refractivity contribution in [3.8, 4) is 0 Å². The zero-order valence-electron chi connectivity index (χ0n) is 11.6. The van der Waals surface area contributed by atoms with Crippen molar-refractivity contribution in [1.82, 2.24) is 15.0 Å². The zero-order chi connectivity index (χ0) is 15.0. The maximum Gasteiger partial charge on any atom is 0.135 e. The Labute approximate surface area is 124 Å². The molecular formula is C15H12N3O2S-. The average molecular weight is 298 g/mol. The van der Waals surface area contributed by atoms with Crippen LogP contribution in [-0.2, 0) is 11.2 Å². The summed E-state index contributed by atoms with van der Waals surface area (Å²) in [5, 5.41) is 7.92. The lowest BCUT2D eigenvalue weighted by Gasteiger charge is -2.03. The monoisotopic (exact) mass is 298 g/mol. The minimum atomic E-state index is -0.459. The van der Waals surface area contributed by atoms with Crippen LogP contribution in [0.1, 0.15) is 21.6 Å². The van der Waals surface area contributed by atoms with Gasteiger partial charge in [-0.1, -0.05) is 35.0 Å². The maximum atomic E-state index is 12.1. The summed E-state index contributed by atoms with van der Waals surface area (Å²) in [6, 6.07) is 8.27. The highest BCUT2D eigenvalue weighted by atomic mass is 32.1. The first kappa shape index (κ1) is 13.6. The summed E-state index contributed by atoms with van der Waals surface area (Å²) in [7, 11) is 0. The third-order valence-corrected chi connectivity index (χ3v) is 4.61. The normalized spacial score (nSPS) is 11.0. The van der Waals surface area contributed by atoms with E-state index in [9.17, 15) is 9.59 Å². The fourth-order valence-electron chi connectivity index (χ4n) is 2.22. The van der Waals surface area contributed by atoms with Gasteiger partial charge in [0.1, 0.15) is 10.4 Å². The number of aromatic nitrogens is 3. The smallest absolute Gasteiger partial charge is 0.135 e. The Balaban J connectivity index is 2.10. The highest BCUT2D eigenvalue weighted by Crippen LogP contribution is 2.28. The SMILES string of the molecule is Cc1ccc(Cc2sc3nnn([C-]=O)c(=O)c3c2C)cc1. The van der Waals surface area contributed by atoms with Crippen molar-refractivity contribution in [3.63, 3.8) is 0 Å². The molecule has 0 N–H and O–H groups in total. The molecule has 0 fully saturated rings. The predicted molar refractivity (Wildman–Crippen MR) is 81.5 cm³/mol. The summed E-state index contributed by atoms with van der Waals surface area (Å²) in [6.07, 6.45) is 2.20. The molecule has 0 radical (unpaired) electrons. The molecule has 1 aromatic carbocycles. The number of fused-ring (bicyclic) bond motifs is 1. The number of hydrogen-bond donors (Lipinski definition) is 0. The van der Waals surface area contributed by atoms with Crippen LogP contribution in [0, 0.1) is 13.8 Å². The van der Waals surface area contributed by atoms with Crippen LogP contribution in [0.4, 0.5) is 0 Å². The van der Waals surface area contributed by atoms with Crippen molar-refractivity contribution >= 4 is 28.0 Å². The predicted octanol–water partition coefficient (Wildman–Crippen LogP) is 1.98. The summed E-state index contributed by atoms with van der Waals surface area (Å²) in [6.45, 7) is 3.92. The van der Waals surface area contributed by atoms with Crippen LogP contribution >= 0.6 is 11.3 Å². The number of nitrogens with zero attached hydrogens (tertiary/aromatic N) is 3. The van der Waals surface area contributed by atoms with Gasteiger partial charge in [0.15, 0.2) is 0 Å². The van der Waals surface area contributed by atoms with Gasteiger partial charge in [0.2, 0.25) is 0 Å². The molecule has 21 heavy (non-hydrogen) atoms. The molecule has 0 saturated carbocycles. The van der Waals surface area contributed by atoms with Gasteiger partial charge in [0, 0.05) is 11.3 Å². The van der Waals surface area contributed by atoms with E-state index < -0.39 is 5.56 Å². The van der Waals surface area contributed by atoms with Gasteiger partial charge < -0.3 is 14.3 Å². The molecule has 0 bridgehead atoms. The number of rotatable bonds is 3. The summed E-state index contributed by atoms with van der Waals surface area (Å²) in [4.78, 5) is 24.4. The third kappa shape index (κ3) is 2.38. The second-order valence-electron chi connectivity index (χ2n) is 4.89. The van der Waals surface area contributed by atoms with Crippen molar-refractivity contribution in [2.45, 2.75) is 20.3 Å². The zero-order valence-corrected chi connectivity index (χ0v) is 12.4. The Hall–Kier alpha value is -2.34. The molecule has 0 unspecified atom stereocenters. The van der Waals surface area contributed by atoms with E-state index in [2.05, 4.69) is 34.6 Å². The fraction of sp³-hybridized carbons (Fsp3) is 0.200. The molecule has 0 aliphatic rings. The van der Waals surface area contributed by atoms with Gasteiger partial charge in [-0.25, -0.2) is 0 Å². The van der Waals surface area contributed by atoms with Gasteiger partial charge in [-0.05, 0) is 30.4 Å². The minimum Gasteiger partial charge on any atom is -0.397 e. The molecule has 0 aliphatic carbocycles. The molecule has 0 amide bonds. The largest absolute Gasteiger partial charge is 0.397 e. The van der Waals surface area contributed by atoms with E-state index in [1.54, 1.807) is 0 Å². The lowest BCUT2D eigenvalue weighted by Crippen LogP contribution is -2.23. The van der Waals surface area contributed by atoms with Crippen LogP contribution in [0.15, 0.2) is 29.1 Å². The molecule has 2 aromatic heterocycles. The van der Waals surface area contributed by atoms with E-state index in [4.69, 9.17) is 0 Å². The van der Waals surface area contributed by atoms with Gasteiger partial charge in [-0.3, -0.25) is 0 Å². The summed E-state index contributed by atoms with van der Waals surface area (Å²) in [5.74, 6) is 0. The molecule has 0 atom stereocenters. The van der Waals surface area contributed by atoms with Gasteiger partial charge in [-0.2, -0.15) is 0 Å². The molecular weight excluding hydrogens is 286 g/mol. The van der Waals surface area contributed by atoms with Crippen molar-refractivity contribution in [1.29, 1.82) is 0 Å². The van der Waals surface area contributed by atoms with Crippen molar-refractivity contribution in [3.05, 3.63) is 56.2 Å². The van der Waals surface area contributed by atoms with Gasteiger partial charge >= 0.3 is 0 Å². The molecule has 3 aromatic rings. The molecule has 2 heterocycles. The Bertz CT molecular complexity index is 878. The number of thiophene rings is 1. The van der Waals surface area contributed by atoms with Crippen LogP contribution in [-0.4, -0.2) is 21.4 Å². The summed E-state index contributed by atoms with van der Waals surface area (Å²) < 4.78 is 0.609. The summed E-state index contributed by atoms with van der Waals surface area (Å²) in [5.41, 5.74) is 2.78. The minimum absolute atomic E-state index is 0.459. The lowest BCUT2D eigenvalue weighted by atomic mass is 10.1. The number of carbonyl (C=O) groups excluding carboxylic acids is 1. The second kappa shape index (κ2) is 5.21. The second-order valence-corrected chi connectivity index (χ2v) is 5.97. The quantitative estimate of drug-likeness (QED) is 0.694. The standard InChI is InChI=1S/C15H12N3O2S/c1-9-3-5-11(6-4-9)7-12-10(2)13-14(21-12)16-17-18(8-19)15(13)20/h3-6H,7H2,1-2H3/q-1. The van der Waals surface area contributed by atoms with E-state index in [0.29, 0.717) is 14.9 Å². The van der Waals surface area contributed by atoms with Gasteiger partial charge in [0.05, 0.1) is 6.41 Å². The molecule has 0 spiro atoms. The highest BCUT2D eigenvalue weighted by Gasteiger charge is 2.11. The third-order valence-electron chi connectivity index (χ3n) is 3.43. The van der Waals surface area contributed by atoms with Crippen molar-refractivity contribution < 1.29 is 4.79 Å². The Morgan fingerprint density at radius 3 is 2.62 bits per heavy atom. The molecule has 5 nitrogen and oxygen atoms in total. The van der Waals surface area contributed by atoms with E-state index in [0.717, 1.165) is 16.9 Å². The Morgan fingerprint density at radius 1 is 1.24 bits per heavy atom. The molecule has 0 aliphatic heterocycles. The summed E-state index contributed by atoms with van der Waals surface area (Å²) >= 11 is 1.44. The van der Waals surface area contributed by atoms with E-state index in [1.165, 1.54) is 28.9 Å². The van der Waals surface area contributed by atoms with E-state index in [1.807, 2.05) is 13.8 Å². The van der Waals surface area contributed by atoms with E-state index in [-0.39, 0.29) is 0 Å². The first-order valence-electron chi connectivity index (χ1n) is 6.42. The fourth-order valence-corrected chi connectivity index (χ4v) is 3.37. The first-order chi connectivity index (χ1) is 10.1. The maximum absolute atomic E-state index is 12.1. The number of hydrogen-bond acceptors (Lipinski definition) is 5. The Kier molecular flexibility index (Phi) is 3.39.